The molecular weight excluding hydrogens is 300 g/mol. The molecule has 0 unspecified atom stereocenters. The van der Waals surface area contributed by atoms with Crippen LogP contribution in [0.15, 0.2) is 48.5 Å². The van der Waals surface area contributed by atoms with Crippen molar-refractivity contribution >= 4 is 5.84 Å². The Morgan fingerprint density at radius 3 is 2.38 bits per heavy atom. The van der Waals surface area contributed by atoms with Gasteiger partial charge in [0.15, 0.2) is 11.5 Å². The van der Waals surface area contributed by atoms with E-state index >= 15 is 0 Å². The number of ether oxygens (including phenoxy) is 2. The summed E-state index contributed by atoms with van der Waals surface area (Å²) in [6.45, 7) is 2.94. The zero-order valence-corrected chi connectivity index (χ0v) is 14.7. The van der Waals surface area contributed by atoms with Gasteiger partial charge >= 0.3 is 0 Å². The Kier molecular flexibility index (Phi) is 6.67. The van der Waals surface area contributed by atoms with Gasteiger partial charge in [-0.1, -0.05) is 43.3 Å². The van der Waals surface area contributed by atoms with Crippen molar-refractivity contribution in [3.8, 4) is 11.5 Å². The Bertz CT molecular complexity index is 669. The number of benzene rings is 2. The largest absolute Gasteiger partial charge is 0.493 e. The van der Waals surface area contributed by atoms with Gasteiger partial charge in [0, 0.05) is 6.42 Å². The van der Waals surface area contributed by atoms with E-state index in [1.165, 1.54) is 11.1 Å². The molecule has 0 saturated carbocycles. The summed E-state index contributed by atoms with van der Waals surface area (Å²) in [7, 11) is 3.29. The van der Waals surface area contributed by atoms with E-state index in [0.717, 1.165) is 36.7 Å². The van der Waals surface area contributed by atoms with Crippen LogP contribution in [0, 0.1) is 0 Å². The lowest BCUT2D eigenvalue weighted by molar-refractivity contribution is -0.459. The highest BCUT2D eigenvalue weighted by atomic mass is 16.5. The first-order chi connectivity index (χ1) is 11.7. The minimum Gasteiger partial charge on any atom is -0.493 e. The van der Waals surface area contributed by atoms with Gasteiger partial charge in [0.05, 0.1) is 26.7 Å². The lowest BCUT2D eigenvalue weighted by atomic mass is 9.95. The molecule has 0 amide bonds. The lowest BCUT2D eigenvalue weighted by Gasteiger charge is -2.11. The van der Waals surface area contributed by atoms with E-state index in [0.29, 0.717) is 0 Å². The molecule has 0 aliphatic heterocycles. The Morgan fingerprint density at radius 2 is 1.75 bits per heavy atom. The third-order valence-electron chi connectivity index (χ3n) is 4.18. The second-order valence-electron chi connectivity index (χ2n) is 5.69. The van der Waals surface area contributed by atoms with Gasteiger partial charge in [-0.25, -0.2) is 0 Å². The highest BCUT2D eigenvalue weighted by molar-refractivity contribution is 5.82. The molecule has 3 N–H and O–H groups in total. The maximum atomic E-state index is 6.29. The Morgan fingerprint density at radius 1 is 1.04 bits per heavy atom. The first-order valence-corrected chi connectivity index (χ1v) is 8.31. The predicted octanol–water partition coefficient (Wildman–Crippen LogP) is 1.88. The van der Waals surface area contributed by atoms with Crippen LogP contribution in [0.5, 0.6) is 11.5 Å². The van der Waals surface area contributed by atoms with Crippen molar-refractivity contribution in [1.29, 1.82) is 0 Å². The second-order valence-corrected chi connectivity index (χ2v) is 5.69. The topological polar surface area (TPSA) is 58.5 Å². The lowest BCUT2D eigenvalue weighted by Crippen LogP contribution is -2.77. The molecule has 0 saturated heterocycles. The summed E-state index contributed by atoms with van der Waals surface area (Å²) in [5.41, 5.74) is 8.71. The van der Waals surface area contributed by atoms with Crippen LogP contribution in [0.1, 0.15) is 30.4 Å². The number of amidine groups is 1. The van der Waals surface area contributed by atoms with Crippen LogP contribution in [0.25, 0.3) is 0 Å². The molecule has 0 fully saturated rings. The fourth-order valence-corrected chi connectivity index (χ4v) is 2.83. The van der Waals surface area contributed by atoms with E-state index in [1.807, 2.05) is 24.3 Å². The normalized spacial score (nSPS) is 12.7. The fourth-order valence-electron chi connectivity index (χ4n) is 2.83. The summed E-state index contributed by atoms with van der Waals surface area (Å²) in [6, 6.07) is 16.4. The molecule has 0 spiro atoms. The molecule has 0 radical (unpaired) electrons. The monoisotopic (exact) mass is 327 g/mol. The second kappa shape index (κ2) is 8.96. The highest BCUT2D eigenvalue weighted by Crippen LogP contribution is 2.27. The average molecular weight is 327 g/mol. The molecule has 1 atom stereocenters. The first kappa shape index (κ1) is 17.9. The standard InChI is InChI=1S/C20H26N2O2/c1-4-17(16-8-6-5-7-9-16)20(21)22-13-12-15-10-11-18(23-2)19(14-15)24-3/h5-11,14,17H,4,12-13H2,1-3H3,(H2,21,22)/p+1/t17-/m1/s1. The molecule has 0 bridgehead atoms. The maximum Gasteiger partial charge on any atom is 0.248 e. The third-order valence-corrected chi connectivity index (χ3v) is 4.18. The van der Waals surface area contributed by atoms with Gasteiger partial charge in [0.1, 0.15) is 0 Å². The van der Waals surface area contributed by atoms with Crippen LogP contribution in [-0.4, -0.2) is 26.6 Å². The quantitative estimate of drug-likeness (QED) is 0.575. The van der Waals surface area contributed by atoms with Crippen LogP contribution < -0.4 is 20.2 Å². The average Bonchev–Trinajstić information content (AvgIpc) is 2.63. The van der Waals surface area contributed by atoms with Crippen molar-refractivity contribution in [1.82, 2.24) is 0 Å². The molecule has 2 aromatic carbocycles. The summed E-state index contributed by atoms with van der Waals surface area (Å²) >= 11 is 0. The molecular formula is C20H27N2O2+. The number of nitrogens with two attached hydrogens (primary N) is 1. The third kappa shape index (κ3) is 4.51. The van der Waals surface area contributed by atoms with E-state index in [9.17, 15) is 0 Å². The minimum atomic E-state index is 0.233. The van der Waals surface area contributed by atoms with Crippen LogP contribution in [0.3, 0.4) is 0 Å². The van der Waals surface area contributed by atoms with Gasteiger partial charge in [-0.05, 0) is 29.7 Å². The Hall–Kier alpha value is -2.49. The van der Waals surface area contributed by atoms with Crippen molar-refractivity contribution in [3.63, 3.8) is 0 Å². The molecule has 0 aliphatic carbocycles. The van der Waals surface area contributed by atoms with E-state index < -0.39 is 0 Å². The number of nitrogens with one attached hydrogen (secondary N) is 1. The van der Waals surface area contributed by atoms with Crippen molar-refractivity contribution in [2.75, 3.05) is 20.8 Å². The number of hydrogen-bond donors (Lipinski definition) is 2. The molecule has 2 rings (SSSR count). The van der Waals surface area contributed by atoms with Crippen LogP contribution in [0.2, 0.25) is 0 Å². The molecule has 128 valence electrons. The molecule has 24 heavy (non-hydrogen) atoms. The summed E-state index contributed by atoms with van der Waals surface area (Å²) in [5, 5.41) is 0. The molecule has 0 aliphatic rings. The summed E-state index contributed by atoms with van der Waals surface area (Å²) in [6.07, 6.45) is 1.84. The number of hydrogen-bond acceptors (Lipinski definition) is 2. The van der Waals surface area contributed by atoms with E-state index in [-0.39, 0.29) is 5.92 Å². The fraction of sp³-hybridized carbons (Fsp3) is 0.350. The minimum absolute atomic E-state index is 0.233. The Balaban J connectivity index is 2.02. The van der Waals surface area contributed by atoms with Gasteiger partial charge in [-0.15, -0.1) is 0 Å². The van der Waals surface area contributed by atoms with E-state index in [2.05, 4.69) is 36.2 Å². The van der Waals surface area contributed by atoms with Gasteiger partial charge in [0.25, 0.3) is 0 Å². The zero-order valence-electron chi connectivity index (χ0n) is 14.7. The van der Waals surface area contributed by atoms with E-state index in [4.69, 9.17) is 15.2 Å². The number of methoxy groups -OCH3 is 2. The molecule has 0 heterocycles. The van der Waals surface area contributed by atoms with Gasteiger partial charge in [0.2, 0.25) is 5.84 Å². The molecule has 2 aromatic rings. The van der Waals surface area contributed by atoms with Gasteiger partial charge in [-0.2, -0.15) is 0 Å². The molecule has 0 aromatic heterocycles. The SMILES string of the molecule is CC[C@@H](C(N)=[NH+]CCc1ccc(OC)c(OC)c1)c1ccccc1. The zero-order chi connectivity index (χ0) is 17.4. The van der Waals surface area contributed by atoms with Gasteiger partial charge < -0.3 is 9.47 Å². The number of rotatable bonds is 8. The predicted molar refractivity (Wildman–Crippen MR) is 97.7 cm³/mol. The molecule has 4 nitrogen and oxygen atoms in total. The smallest absolute Gasteiger partial charge is 0.248 e. The van der Waals surface area contributed by atoms with Crippen molar-refractivity contribution in [2.45, 2.75) is 25.7 Å². The van der Waals surface area contributed by atoms with Crippen molar-refractivity contribution in [2.24, 2.45) is 5.73 Å². The molecule has 4 heteroatoms. The van der Waals surface area contributed by atoms with Crippen molar-refractivity contribution in [3.05, 3.63) is 59.7 Å². The summed E-state index contributed by atoms with van der Waals surface area (Å²) in [5.74, 6) is 2.55. The first-order valence-electron chi connectivity index (χ1n) is 8.31. The summed E-state index contributed by atoms with van der Waals surface area (Å²) in [4.78, 5) is 3.37. The maximum absolute atomic E-state index is 6.29. The summed E-state index contributed by atoms with van der Waals surface area (Å²) < 4.78 is 10.6. The van der Waals surface area contributed by atoms with Crippen molar-refractivity contribution < 1.29 is 14.5 Å². The highest BCUT2D eigenvalue weighted by Gasteiger charge is 2.17. The van der Waals surface area contributed by atoms with E-state index in [1.54, 1.807) is 14.2 Å². The van der Waals surface area contributed by atoms with Crippen LogP contribution in [-0.2, 0) is 6.42 Å². The van der Waals surface area contributed by atoms with Crippen LogP contribution >= 0.6 is 0 Å². The van der Waals surface area contributed by atoms with Gasteiger partial charge in [-0.3, -0.25) is 10.7 Å². The Labute approximate surface area is 144 Å². The van der Waals surface area contributed by atoms with Crippen LogP contribution in [0.4, 0.5) is 0 Å².